The maximum absolute atomic E-state index is 12.5. The van der Waals surface area contributed by atoms with E-state index in [-0.39, 0.29) is 5.91 Å². The van der Waals surface area contributed by atoms with Gasteiger partial charge in [0.2, 0.25) is 0 Å². The summed E-state index contributed by atoms with van der Waals surface area (Å²) in [6, 6.07) is 19.1. The summed E-state index contributed by atoms with van der Waals surface area (Å²) < 4.78 is 4.01. The second-order valence-corrected chi connectivity index (χ2v) is 6.69. The van der Waals surface area contributed by atoms with E-state index < -0.39 is 0 Å². The summed E-state index contributed by atoms with van der Waals surface area (Å²) >= 11 is 0. The van der Waals surface area contributed by atoms with Gasteiger partial charge in [-0.15, -0.1) is 0 Å². The van der Waals surface area contributed by atoms with Crippen molar-refractivity contribution >= 4 is 12.1 Å². The van der Waals surface area contributed by atoms with Gasteiger partial charge in [-0.1, -0.05) is 12.1 Å². The molecule has 3 heterocycles. The zero-order chi connectivity index (χ0) is 20.2. The number of nitrogens with zero attached hydrogens (tertiary/aromatic N) is 4. The largest absolute Gasteiger partial charge is 0.324 e. The zero-order valence-corrected chi connectivity index (χ0v) is 16.3. The van der Waals surface area contributed by atoms with E-state index in [1.54, 1.807) is 18.5 Å². The quantitative estimate of drug-likeness (QED) is 0.417. The van der Waals surface area contributed by atoms with Crippen LogP contribution in [-0.4, -0.2) is 26.2 Å². The Hall–Kier alpha value is -3.93. The molecule has 1 N–H and O–H groups in total. The number of pyridine rings is 1. The van der Waals surface area contributed by atoms with Crippen molar-refractivity contribution < 1.29 is 4.79 Å². The molecule has 6 nitrogen and oxygen atoms in total. The summed E-state index contributed by atoms with van der Waals surface area (Å²) in [5, 5.41) is 4.15. The molecular formula is C23H21N5O. The molecule has 0 saturated carbocycles. The van der Waals surface area contributed by atoms with Gasteiger partial charge in [0.05, 0.1) is 6.21 Å². The molecule has 3 aromatic heterocycles. The molecule has 0 bridgehead atoms. The van der Waals surface area contributed by atoms with Gasteiger partial charge in [0.25, 0.3) is 5.91 Å². The van der Waals surface area contributed by atoms with Gasteiger partial charge in [0, 0.05) is 46.8 Å². The normalized spacial score (nSPS) is 11.1. The Balaban J connectivity index is 1.50. The Morgan fingerprint density at radius 3 is 2.62 bits per heavy atom. The predicted octanol–water partition coefficient (Wildman–Crippen LogP) is 4.04. The van der Waals surface area contributed by atoms with Crippen LogP contribution in [0.5, 0.6) is 0 Å². The molecule has 0 aliphatic heterocycles. The van der Waals surface area contributed by atoms with Crippen molar-refractivity contribution in [3.8, 4) is 11.5 Å². The smallest absolute Gasteiger partial charge is 0.271 e. The molecule has 0 aliphatic rings. The number of hydrogen-bond donors (Lipinski definition) is 1. The van der Waals surface area contributed by atoms with E-state index in [1.165, 1.54) is 0 Å². The summed E-state index contributed by atoms with van der Waals surface area (Å²) in [7, 11) is 0. The molecule has 1 amide bonds. The van der Waals surface area contributed by atoms with E-state index in [4.69, 9.17) is 0 Å². The molecule has 0 fully saturated rings. The lowest BCUT2D eigenvalue weighted by Crippen LogP contribution is -2.17. The van der Waals surface area contributed by atoms with Crippen molar-refractivity contribution in [1.29, 1.82) is 0 Å². The third kappa shape index (κ3) is 3.87. The number of rotatable bonds is 5. The fourth-order valence-corrected chi connectivity index (χ4v) is 3.30. The number of carbonyl (C=O) groups is 1. The average Bonchev–Trinajstić information content (AvgIpc) is 3.37. The van der Waals surface area contributed by atoms with Crippen molar-refractivity contribution in [2.24, 2.45) is 5.10 Å². The Kier molecular flexibility index (Phi) is 5.07. The third-order valence-corrected chi connectivity index (χ3v) is 4.73. The topological polar surface area (TPSA) is 64.2 Å². The highest BCUT2D eigenvalue weighted by Gasteiger charge is 2.10. The molecule has 0 spiro atoms. The van der Waals surface area contributed by atoms with Crippen LogP contribution in [0.15, 0.2) is 84.4 Å². The first kappa shape index (κ1) is 18.4. The fraction of sp³-hybridized carbons (Fsp3) is 0.0870. The van der Waals surface area contributed by atoms with Gasteiger partial charge in [-0.3, -0.25) is 4.79 Å². The lowest BCUT2D eigenvalue weighted by molar-refractivity contribution is 0.0955. The number of carbonyl (C=O) groups excluding carboxylic acids is 1. The van der Waals surface area contributed by atoms with Crippen LogP contribution < -0.4 is 5.43 Å². The molecule has 0 aliphatic carbocycles. The molecule has 144 valence electrons. The van der Waals surface area contributed by atoms with Crippen LogP contribution in [0.3, 0.4) is 0 Å². The summed E-state index contributed by atoms with van der Waals surface area (Å²) in [6.45, 7) is 4.02. The molecule has 0 saturated heterocycles. The van der Waals surface area contributed by atoms with Crippen molar-refractivity contribution in [2.75, 3.05) is 0 Å². The van der Waals surface area contributed by atoms with Gasteiger partial charge >= 0.3 is 0 Å². The van der Waals surface area contributed by atoms with Gasteiger partial charge in [0.15, 0.2) is 0 Å². The van der Waals surface area contributed by atoms with E-state index in [0.717, 1.165) is 28.5 Å². The van der Waals surface area contributed by atoms with Crippen LogP contribution in [0.2, 0.25) is 0 Å². The number of aromatic nitrogens is 3. The third-order valence-electron chi connectivity index (χ3n) is 4.73. The van der Waals surface area contributed by atoms with Crippen LogP contribution in [0.25, 0.3) is 11.5 Å². The standard InChI is InChI=1S/C23H21N5O/c1-17-14-20(18(2)28(17)22-10-3-4-11-24-22)16-25-26-23(29)19-8-7-9-21(15-19)27-12-5-6-13-27/h3-16H,1-2H3,(H,26,29)/b25-16+. The van der Waals surface area contributed by atoms with Crippen LogP contribution in [0.4, 0.5) is 0 Å². The van der Waals surface area contributed by atoms with E-state index in [2.05, 4.69) is 20.1 Å². The average molecular weight is 383 g/mol. The fourth-order valence-electron chi connectivity index (χ4n) is 3.30. The van der Waals surface area contributed by atoms with Crippen molar-refractivity contribution in [3.63, 3.8) is 0 Å². The minimum absolute atomic E-state index is 0.256. The second kappa shape index (κ2) is 7.98. The van der Waals surface area contributed by atoms with Gasteiger partial charge < -0.3 is 9.13 Å². The maximum Gasteiger partial charge on any atom is 0.271 e. The number of aryl methyl sites for hydroxylation is 1. The van der Waals surface area contributed by atoms with E-state index in [9.17, 15) is 4.79 Å². The van der Waals surface area contributed by atoms with Crippen molar-refractivity contribution in [3.05, 3.63) is 102 Å². The van der Waals surface area contributed by atoms with Crippen molar-refractivity contribution in [1.82, 2.24) is 19.5 Å². The summed E-state index contributed by atoms with van der Waals surface area (Å²) in [5.74, 6) is 0.599. The minimum Gasteiger partial charge on any atom is -0.324 e. The van der Waals surface area contributed by atoms with E-state index >= 15 is 0 Å². The van der Waals surface area contributed by atoms with Gasteiger partial charge in [-0.25, -0.2) is 10.4 Å². The van der Waals surface area contributed by atoms with Crippen molar-refractivity contribution in [2.45, 2.75) is 13.8 Å². The maximum atomic E-state index is 12.5. The lowest BCUT2D eigenvalue weighted by Gasteiger charge is -2.07. The number of nitrogens with one attached hydrogen (secondary N) is 1. The molecule has 0 radical (unpaired) electrons. The van der Waals surface area contributed by atoms with Gasteiger partial charge in [-0.2, -0.15) is 5.10 Å². The highest BCUT2D eigenvalue weighted by molar-refractivity contribution is 5.95. The van der Waals surface area contributed by atoms with Crippen LogP contribution in [0.1, 0.15) is 27.3 Å². The monoisotopic (exact) mass is 383 g/mol. The number of hydrogen-bond acceptors (Lipinski definition) is 3. The zero-order valence-electron chi connectivity index (χ0n) is 16.3. The molecule has 4 aromatic rings. The molecule has 1 aromatic carbocycles. The Morgan fingerprint density at radius 2 is 1.86 bits per heavy atom. The first-order valence-corrected chi connectivity index (χ1v) is 9.30. The Bertz CT molecular complexity index is 1160. The first-order valence-electron chi connectivity index (χ1n) is 9.30. The summed E-state index contributed by atoms with van der Waals surface area (Å²) in [6.07, 6.45) is 7.30. The summed E-state index contributed by atoms with van der Waals surface area (Å²) in [4.78, 5) is 16.9. The molecular weight excluding hydrogens is 362 g/mol. The SMILES string of the molecule is Cc1cc(/C=N/NC(=O)c2cccc(-n3cccc3)c2)c(C)n1-c1ccccn1. The highest BCUT2D eigenvalue weighted by atomic mass is 16.2. The van der Waals surface area contributed by atoms with E-state index in [1.807, 2.05) is 85.4 Å². The molecule has 6 heteroatoms. The number of hydrazone groups is 1. The van der Waals surface area contributed by atoms with Crippen LogP contribution >= 0.6 is 0 Å². The highest BCUT2D eigenvalue weighted by Crippen LogP contribution is 2.18. The van der Waals surface area contributed by atoms with Gasteiger partial charge in [0.1, 0.15) is 5.82 Å². The van der Waals surface area contributed by atoms with Crippen LogP contribution in [-0.2, 0) is 0 Å². The van der Waals surface area contributed by atoms with E-state index in [0.29, 0.717) is 5.56 Å². The predicted molar refractivity (Wildman–Crippen MR) is 114 cm³/mol. The second-order valence-electron chi connectivity index (χ2n) is 6.69. The number of benzene rings is 1. The molecule has 0 atom stereocenters. The minimum atomic E-state index is -0.256. The Labute approximate surface area is 169 Å². The van der Waals surface area contributed by atoms with Crippen LogP contribution in [0, 0.1) is 13.8 Å². The molecule has 29 heavy (non-hydrogen) atoms. The lowest BCUT2D eigenvalue weighted by atomic mass is 10.2. The summed E-state index contributed by atoms with van der Waals surface area (Å²) in [5.41, 5.74) is 7.07. The number of amides is 1. The first-order chi connectivity index (χ1) is 14.1. The molecule has 4 rings (SSSR count). The Morgan fingerprint density at radius 1 is 1.03 bits per heavy atom. The van der Waals surface area contributed by atoms with Gasteiger partial charge in [-0.05, 0) is 62.4 Å². The molecule has 0 unspecified atom stereocenters.